The molecule has 2 rings (SSSR count). The number of hydrogen-bond donors (Lipinski definition) is 0. The zero-order chi connectivity index (χ0) is 19.3. The molecule has 0 saturated heterocycles. The van der Waals surface area contributed by atoms with E-state index in [-0.39, 0.29) is 12.3 Å². The Labute approximate surface area is 148 Å². The van der Waals surface area contributed by atoms with Crippen LogP contribution in [0.5, 0.6) is 0 Å². The maximum Gasteiger partial charge on any atom is 0.356 e. The molecule has 0 N–H and O–H groups in total. The number of esters is 3. The molecule has 0 spiro atoms. The van der Waals surface area contributed by atoms with E-state index in [1.54, 1.807) is 37.3 Å². The maximum absolute atomic E-state index is 12.7. The van der Waals surface area contributed by atoms with E-state index in [0.717, 1.165) is 20.4 Å². The van der Waals surface area contributed by atoms with Crippen molar-refractivity contribution in [2.24, 2.45) is 0 Å². The summed E-state index contributed by atoms with van der Waals surface area (Å²) in [6, 6.07) is 8.39. The lowest BCUT2D eigenvalue weighted by Crippen LogP contribution is -2.31. The Balaban J connectivity index is 2.94. The lowest BCUT2D eigenvalue weighted by atomic mass is 10.1. The number of hydrogen-bond acceptors (Lipinski definition) is 7. The van der Waals surface area contributed by atoms with E-state index in [0.29, 0.717) is 5.69 Å². The topological polar surface area (TPSA) is 101 Å². The second kappa shape index (κ2) is 8.11. The van der Waals surface area contributed by atoms with Crippen LogP contribution in [-0.4, -0.2) is 43.3 Å². The highest BCUT2D eigenvalue weighted by atomic mass is 16.5. The second-order valence-corrected chi connectivity index (χ2v) is 5.00. The van der Waals surface area contributed by atoms with Gasteiger partial charge in [-0.3, -0.25) is 4.79 Å². The zero-order valence-corrected chi connectivity index (χ0v) is 14.5. The molecule has 2 aromatic rings. The van der Waals surface area contributed by atoms with Crippen LogP contribution >= 0.6 is 0 Å². The number of carbonyl (C=O) groups excluding carboxylic acids is 3. The second-order valence-electron chi connectivity index (χ2n) is 5.00. The first-order valence-electron chi connectivity index (χ1n) is 7.65. The molecule has 1 aromatic carbocycles. The van der Waals surface area contributed by atoms with Gasteiger partial charge in [0, 0.05) is 11.9 Å². The van der Waals surface area contributed by atoms with Gasteiger partial charge in [-0.1, -0.05) is 18.2 Å². The number of carbonyl (C=O) groups is 3. The average molecular weight is 359 g/mol. The third kappa shape index (κ3) is 3.49. The van der Waals surface area contributed by atoms with Gasteiger partial charge in [-0.25, -0.2) is 14.4 Å². The molecule has 1 aromatic heterocycles. The van der Waals surface area contributed by atoms with Crippen LogP contribution in [0.3, 0.4) is 0 Å². The summed E-state index contributed by atoms with van der Waals surface area (Å²) in [5.41, 5.74) is -1.88. The van der Waals surface area contributed by atoms with E-state index in [1.165, 1.54) is 4.57 Å². The third-order valence-electron chi connectivity index (χ3n) is 3.51. The molecular weight excluding hydrogens is 342 g/mol. The summed E-state index contributed by atoms with van der Waals surface area (Å²) < 4.78 is 15.4. The van der Waals surface area contributed by atoms with Crippen molar-refractivity contribution in [2.45, 2.75) is 6.92 Å². The fourth-order valence-electron chi connectivity index (χ4n) is 2.35. The Morgan fingerprint density at radius 2 is 1.58 bits per heavy atom. The van der Waals surface area contributed by atoms with Crippen molar-refractivity contribution in [3.05, 3.63) is 63.6 Å². The minimum absolute atomic E-state index is 0.0376. The Bertz CT molecular complexity index is 900. The van der Waals surface area contributed by atoms with Gasteiger partial charge in [-0.15, -0.1) is 0 Å². The van der Waals surface area contributed by atoms with Crippen molar-refractivity contribution < 1.29 is 28.6 Å². The first-order chi connectivity index (χ1) is 12.5. The highest BCUT2D eigenvalue weighted by molar-refractivity contribution is 6.04. The number of methoxy groups -OCH3 is 2. The van der Waals surface area contributed by atoms with Crippen molar-refractivity contribution in [3.8, 4) is 5.69 Å². The van der Waals surface area contributed by atoms with Crippen molar-refractivity contribution in [3.63, 3.8) is 0 Å². The molecule has 26 heavy (non-hydrogen) atoms. The predicted octanol–water partition coefficient (Wildman–Crippen LogP) is 1.59. The normalized spacial score (nSPS) is 10.1. The summed E-state index contributed by atoms with van der Waals surface area (Å²) in [7, 11) is 2.18. The van der Waals surface area contributed by atoms with Crippen molar-refractivity contribution in [1.29, 1.82) is 0 Å². The Morgan fingerprint density at radius 3 is 2.12 bits per heavy atom. The number of benzene rings is 1. The first kappa shape index (κ1) is 18.9. The number of nitrogens with zero attached hydrogens (tertiary/aromatic N) is 1. The van der Waals surface area contributed by atoms with Crippen LogP contribution in [-0.2, 0) is 14.2 Å². The summed E-state index contributed by atoms with van der Waals surface area (Å²) in [4.78, 5) is 49.3. The van der Waals surface area contributed by atoms with E-state index < -0.39 is 34.5 Å². The Hall–Kier alpha value is -3.42. The molecule has 0 atom stereocenters. The standard InChI is InChI=1S/C18H17NO7/c1-4-26-16(21)12-10-19(11-8-6-5-7-9-11)14(18(23)25-3)13(15(12)20)17(22)24-2/h5-10H,4H2,1-3H3. The van der Waals surface area contributed by atoms with Crippen LogP contribution in [0, 0.1) is 0 Å². The van der Waals surface area contributed by atoms with Gasteiger partial charge in [0.25, 0.3) is 0 Å². The van der Waals surface area contributed by atoms with Crippen molar-refractivity contribution in [1.82, 2.24) is 4.57 Å². The minimum Gasteiger partial charge on any atom is -0.465 e. The monoisotopic (exact) mass is 359 g/mol. The van der Waals surface area contributed by atoms with Crippen molar-refractivity contribution in [2.75, 3.05) is 20.8 Å². The number of ether oxygens (including phenoxy) is 3. The molecule has 8 nitrogen and oxygen atoms in total. The summed E-state index contributed by atoms with van der Waals surface area (Å²) in [5, 5.41) is 0. The van der Waals surface area contributed by atoms with E-state index in [1.807, 2.05) is 0 Å². The van der Waals surface area contributed by atoms with Gasteiger partial charge >= 0.3 is 17.9 Å². The number of aromatic nitrogens is 1. The van der Waals surface area contributed by atoms with Gasteiger partial charge in [-0.05, 0) is 19.1 Å². The van der Waals surface area contributed by atoms with E-state index >= 15 is 0 Å². The lowest BCUT2D eigenvalue weighted by Gasteiger charge is -2.16. The smallest absolute Gasteiger partial charge is 0.356 e. The molecule has 8 heteroatoms. The van der Waals surface area contributed by atoms with E-state index in [9.17, 15) is 19.2 Å². The molecule has 0 aliphatic rings. The SMILES string of the molecule is CCOC(=O)c1cn(-c2ccccc2)c(C(=O)OC)c(C(=O)OC)c1=O. The predicted molar refractivity (Wildman–Crippen MR) is 90.7 cm³/mol. The van der Waals surface area contributed by atoms with E-state index in [2.05, 4.69) is 4.74 Å². The highest BCUT2D eigenvalue weighted by Crippen LogP contribution is 2.17. The summed E-state index contributed by atoms with van der Waals surface area (Å²) >= 11 is 0. The molecule has 0 aliphatic heterocycles. The Kier molecular flexibility index (Phi) is 5.90. The van der Waals surface area contributed by atoms with Gasteiger partial charge in [0.15, 0.2) is 5.69 Å². The third-order valence-corrected chi connectivity index (χ3v) is 3.51. The lowest BCUT2D eigenvalue weighted by molar-refractivity contribution is 0.0515. The molecule has 136 valence electrons. The molecule has 0 bridgehead atoms. The largest absolute Gasteiger partial charge is 0.465 e. The molecule has 0 radical (unpaired) electrons. The minimum atomic E-state index is -1.06. The van der Waals surface area contributed by atoms with Crippen LogP contribution in [0.15, 0.2) is 41.3 Å². The number of rotatable bonds is 5. The zero-order valence-electron chi connectivity index (χ0n) is 14.5. The summed E-state index contributed by atoms with van der Waals surface area (Å²) in [6.45, 7) is 1.62. The molecule has 0 aliphatic carbocycles. The maximum atomic E-state index is 12.7. The van der Waals surface area contributed by atoms with Gasteiger partial charge in [0.05, 0.1) is 20.8 Å². The Morgan fingerprint density at radius 1 is 0.962 bits per heavy atom. The van der Waals surface area contributed by atoms with Gasteiger partial charge in [0.1, 0.15) is 11.1 Å². The molecule has 0 unspecified atom stereocenters. The molecule has 1 heterocycles. The fraction of sp³-hybridized carbons (Fsp3) is 0.222. The highest BCUT2D eigenvalue weighted by Gasteiger charge is 2.30. The fourth-order valence-corrected chi connectivity index (χ4v) is 2.35. The van der Waals surface area contributed by atoms with Crippen molar-refractivity contribution >= 4 is 17.9 Å². The van der Waals surface area contributed by atoms with E-state index in [4.69, 9.17) is 9.47 Å². The molecule has 0 fully saturated rings. The van der Waals surface area contributed by atoms with Crippen LogP contribution in [0.25, 0.3) is 5.69 Å². The average Bonchev–Trinajstić information content (AvgIpc) is 2.67. The van der Waals surface area contributed by atoms with Crippen LogP contribution in [0.4, 0.5) is 0 Å². The van der Waals surface area contributed by atoms with Gasteiger partial charge in [0.2, 0.25) is 5.43 Å². The van der Waals surface area contributed by atoms with Gasteiger partial charge in [-0.2, -0.15) is 0 Å². The quantitative estimate of drug-likeness (QED) is 0.590. The summed E-state index contributed by atoms with van der Waals surface area (Å²) in [6.07, 6.45) is 1.15. The number of para-hydroxylation sites is 1. The first-order valence-corrected chi connectivity index (χ1v) is 7.65. The molecule has 0 saturated carbocycles. The van der Waals surface area contributed by atoms with Crippen LogP contribution < -0.4 is 5.43 Å². The number of pyridine rings is 1. The molecule has 0 amide bonds. The van der Waals surface area contributed by atoms with Crippen LogP contribution in [0.1, 0.15) is 38.1 Å². The molecular formula is C18H17NO7. The summed E-state index contributed by atoms with van der Waals surface area (Å²) in [5.74, 6) is -2.91. The van der Waals surface area contributed by atoms with Crippen LogP contribution in [0.2, 0.25) is 0 Å². The van der Waals surface area contributed by atoms with Gasteiger partial charge < -0.3 is 18.8 Å².